The third-order valence-electron chi connectivity index (χ3n) is 11.8. The normalized spacial score (nSPS) is 13.8. The largest absolute Gasteiger partial charge is 0.504 e. The quantitative estimate of drug-likeness (QED) is 0.0442. The molecule has 1 heterocycles. The number of hydrogen-bond acceptors (Lipinski definition) is 12. The zero-order valence-corrected chi connectivity index (χ0v) is 32.2. The lowest BCUT2D eigenvalue weighted by atomic mass is 9.82. The molecule has 10 rings (SSSR count). The second kappa shape index (κ2) is 13.7. The maximum atomic E-state index is 11.9. The van der Waals surface area contributed by atoms with Gasteiger partial charge in [0.15, 0.2) is 45.7 Å². The molecule has 11 N–H and O–H groups in total. The Balaban J connectivity index is 1.28. The van der Waals surface area contributed by atoms with E-state index in [-0.39, 0.29) is 16.9 Å². The predicted molar refractivity (Wildman–Crippen MR) is 234 cm³/mol. The number of aromatic hydroxyl groups is 11. The van der Waals surface area contributed by atoms with Crippen LogP contribution in [0.1, 0.15) is 17.9 Å². The molecule has 1 aliphatic carbocycles. The third-order valence-corrected chi connectivity index (χ3v) is 11.8. The third kappa shape index (κ3) is 5.19. The van der Waals surface area contributed by atoms with E-state index in [4.69, 9.17) is 4.42 Å². The van der Waals surface area contributed by atoms with Crippen molar-refractivity contribution in [1.82, 2.24) is 0 Å². The van der Waals surface area contributed by atoms with Crippen LogP contribution in [-0.2, 0) is 0 Å². The minimum absolute atomic E-state index is 0.170. The fourth-order valence-corrected chi connectivity index (χ4v) is 8.93. The lowest BCUT2D eigenvalue weighted by molar-refractivity contribution is 0.329. The number of hydrogen-bond donors (Lipinski definition) is 11. The minimum atomic E-state index is -1.33. The van der Waals surface area contributed by atoms with E-state index in [1.54, 1.807) is 12.1 Å². The maximum absolute atomic E-state index is 11.9. The molecule has 9 aromatic rings. The van der Waals surface area contributed by atoms with E-state index in [1.807, 2.05) is 66.7 Å². The SMILES string of the molecule is Oc1c(O)c(O)c(-c2c(O)c(O)c3c(oc4c(O)c(O)c(O)c(-c5c6ccccc6c(-c6ccccc6-c6ccc(C7C=CC=CC7)cc6)c6ccccc56)c43)c2O)c(O)c1O. The van der Waals surface area contributed by atoms with Crippen LogP contribution in [0.4, 0.5) is 0 Å². The van der Waals surface area contributed by atoms with Crippen molar-refractivity contribution in [3.05, 3.63) is 127 Å². The molecule has 1 atom stereocenters. The fraction of sp³-hybridized carbons (Fsp3) is 0.0400. The van der Waals surface area contributed by atoms with Crippen molar-refractivity contribution in [3.8, 4) is 108 Å². The summed E-state index contributed by atoms with van der Waals surface area (Å²) < 4.78 is 5.92. The molecule has 306 valence electrons. The van der Waals surface area contributed by atoms with Gasteiger partial charge in [-0.3, -0.25) is 0 Å². The Kier molecular flexibility index (Phi) is 8.32. The van der Waals surface area contributed by atoms with Gasteiger partial charge in [0, 0.05) is 22.4 Å². The molecule has 0 bridgehead atoms. The van der Waals surface area contributed by atoms with Gasteiger partial charge in [0.1, 0.15) is 0 Å². The van der Waals surface area contributed by atoms with Crippen LogP contribution < -0.4 is 0 Å². The number of benzene rings is 8. The first-order chi connectivity index (χ1) is 29.9. The molecule has 12 nitrogen and oxygen atoms in total. The number of rotatable bonds is 5. The number of furan rings is 1. The van der Waals surface area contributed by atoms with E-state index in [1.165, 1.54) is 5.56 Å². The number of allylic oxidation sites excluding steroid dienone is 4. The predicted octanol–water partition coefficient (Wildman–Crippen LogP) is 10.9. The van der Waals surface area contributed by atoms with Crippen molar-refractivity contribution in [2.24, 2.45) is 0 Å². The van der Waals surface area contributed by atoms with Crippen molar-refractivity contribution in [2.75, 3.05) is 0 Å². The summed E-state index contributed by atoms with van der Waals surface area (Å²) in [6, 6.07) is 31.2. The van der Waals surface area contributed by atoms with E-state index in [0.717, 1.165) is 28.7 Å². The van der Waals surface area contributed by atoms with Crippen molar-refractivity contribution < 1.29 is 60.6 Å². The highest BCUT2D eigenvalue weighted by Gasteiger charge is 2.36. The number of phenols is 11. The zero-order chi connectivity index (χ0) is 43.3. The fourth-order valence-electron chi connectivity index (χ4n) is 8.93. The molecule has 8 aromatic carbocycles. The van der Waals surface area contributed by atoms with Gasteiger partial charge in [-0.1, -0.05) is 121 Å². The molecule has 0 aliphatic heterocycles. The topological polar surface area (TPSA) is 236 Å². The van der Waals surface area contributed by atoms with Crippen molar-refractivity contribution in [1.29, 1.82) is 0 Å². The molecule has 0 radical (unpaired) electrons. The highest BCUT2D eigenvalue weighted by molar-refractivity contribution is 6.29. The molecule has 0 spiro atoms. The van der Waals surface area contributed by atoms with Gasteiger partial charge in [-0.2, -0.15) is 0 Å². The lowest BCUT2D eigenvalue weighted by Gasteiger charge is -2.21. The van der Waals surface area contributed by atoms with Crippen molar-refractivity contribution in [2.45, 2.75) is 12.3 Å². The van der Waals surface area contributed by atoms with Crippen LogP contribution in [0.3, 0.4) is 0 Å². The Morgan fingerprint density at radius 3 is 1.42 bits per heavy atom. The molecule has 12 heteroatoms. The molecule has 62 heavy (non-hydrogen) atoms. The first kappa shape index (κ1) is 37.6. The van der Waals surface area contributed by atoms with Crippen LogP contribution in [-0.4, -0.2) is 56.2 Å². The van der Waals surface area contributed by atoms with Crippen molar-refractivity contribution >= 4 is 43.5 Å². The summed E-state index contributed by atoms with van der Waals surface area (Å²) in [7, 11) is 0. The Hall–Kier alpha value is -8.64. The van der Waals surface area contributed by atoms with Gasteiger partial charge in [0.2, 0.25) is 28.7 Å². The Morgan fingerprint density at radius 2 is 0.839 bits per heavy atom. The summed E-state index contributed by atoms with van der Waals surface area (Å²) in [4.78, 5) is 0. The summed E-state index contributed by atoms with van der Waals surface area (Å²) in [5, 5.41) is 123. The Bertz CT molecular complexity index is 3360. The van der Waals surface area contributed by atoms with Gasteiger partial charge in [0.25, 0.3) is 0 Å². The van der Waals surface area contributed by atoms with Gasteiger partial charge >= 0.3 is 0 Å². The molecule has 0 amide bonds. The first-order valence-electron chi connectivity index (χ1n) is 19.4. The Labute approximate surface area is 350 Å². The molecule has 0 saturated heterocycles. The second-order valence-electron chi connectivity index (χ2n) is 15.1. The highest BCUT2D eigenvalue weighted by atomic mass is 16.4. The van der Waals surface area contributed by atoms with Crippen LogP contribution in [0.15, 0.2) is 126 Å². The van der Waals surface area contributed by atoms with Gasteiger partial charge in [-0.25, -0.2) is 0 Å². The van der Waals surface area contributed by atoms with E-state index in [0.29, 0.717) is 27.1 Å². The zero-order valence-electron chi connectivity index (χ0n) is 32.2. The number of fused-ring (bicyclic) bond motifs is 5. The van der Waals surface area contributed by atoms with Crippen LogP contribution >= 0.6 is 0 Å². The van der Waals surface area contributed by atoms with Crippen LogP contribution in [0, 0.1) is 0 Å². The van der Waals surface area contributed by atoms with E-state index in [2.05, 4.69) is 42.5 Å². The van der Waals surface area contributed by atoms with Gasteiger partial charge in [-0.05, 0) is 55.8 Å². The summed E-state index contributed by atoms with van der Waals surface area (Å²) >= 11 is 0. The maximum Gasteiger partial charge on any atom is 0.208 e. The minimum Gasteiger partial charge on any atom is -0.504 e. The van der Waals surface area contributed by atoms with Gasteiger partial charge in [-0.15, -0.1) is 0 Å². The molecule has 0 saturated carbocycles. The Morgan fingerprint density at radius 1 is 0.371 bits per heavy atom. The summed E-state index contributed by atoms with van der Waals surface area (Å²) in [6.07, 6.45) is 9.36. The van der Waals surface area contributed by atoms with Crippen LogP contribution in [0.25, 0.3) is 88.0 Å². The highest BCUT2D eigenvalue weighted by Crippen LogP contribution is 2.64. The first-order valence-corrected chi connectivity index (χ1v) is 19.4. The van der Waals surface area contributed by atoms with E-state index >= 15 is 0 Å². The summed E-state index contributed by atoms with van der Waals surface area (Å²) in [5.41, 5.74) is 1.81. The molecule has 0 fully saturated rings. The van der Waals surface area contributed by atoms with Crippen LogP contribution in [0.5, 0.6) is 63.2 Å². The molecule has 1 aliphatic rings. The average molecular weight is 827 g/mol. The van der Waals surface area contributed by atoms with Gasteiger partial charge in [0.05, 0.1) is 16.5 Å². The van der Waals surface area contributed by atoms with E-state index in [9.17, 15) is 56.2 Å². The van der Waals surface area contributed by atoms with Crippen molar-refractivity contribution in [3.63, 3.8) is 0 Å². The van der Waals surface area contributed by atoms with E-state index < -0.39 is 90.9 Å². The molecule has 1 aromatic heterocycles. The average Bonchev–Trinajstić information content (AvgIpc) is 3.71. The number of phenolic OH excluding ortho intramolecular Hbond substituents is 11. The lowest BCUT2D eigenvalue weighted by Crippen LogP contribution is -1.96. The molecular weight excluding hydrogens is 793 g/mol. The summed E-state index contributed by atoms with van der Waals surface area (Å²) in [6.45, 7) is 0. The molecular formula is C50H34O12. The molecule has 1 unspecified atom stereocenters. The second-order valence-corrected chi connectivity index (χ2v) is 15.1. The standard InChI is InChI=1S/C50H34O12/c51-38-33(34-37-42(55)39(52)36(35-40(53)44(57)47(60)45(58)41(35)54)43(56)50(37)62-49(34)48(61)46(38)59)32-29-16-8-6-14-27(29)31(28-15-7-9-17-30(28)32)26-13-5-4-12-25(26)24-20-18-23(19-21-24)22-10-2-1-3-11-22/h1-10,12-22,51-61H,11H2. The van der Waals surface area contributed by atoms with Gasteiger partial charge < -0.3 is 60.6 Å². The monoisotopic (exact) mass is 826 g/mol. The van der Waals surface area contributed by atoms with Crippen LogP contribution in [0.2, 0.25) is 0 Å². The smallest absolute Gasteiger partial charge is 0.208 e. The summed E-state index contributed by atoms with van der Waals surface area (Å²) in [5.74, 6) is -12.5.